The Morgan fingerprint density at radius 1 is 0.917 bits per heavy atom. The molecule has 0 aliphatic rings. The number of thiophene rings is 1. The smallest absolute Gasteiger partial charge is 0.337 e. The molecule has 0 amide bonds. The van der Waals surface area contributed by atoms with Gasteiger partial charge in [-0.3, -0.25) is 0 Å². The number of carbonyl (C=O) groups is 2. The zero-order chi connectivity index (χ0) is 17.3. The molecule has 0 radical (unpaired) electrons. The van der Waals surface area contributed by atoms with E-state index in [1.165, 1.54) is 11.3 Å². The third kappa shape index (κ3) is 2.70. The minimum absolute atomic E-state index is 0.0200. The highest BCUT2D eigenvalue weighted by Crippen LogP contribution is 2.39. The van der Waals surface area contributed by atoms with Crippen LogP contribution in [0.15, 0.2) is 53.9 Å². The van der Waals surface area contributed by atoms with Gasteiger partial charge in [0.1, 0.15) is 0 Å². The minimum Gasteiger partial charge on any atom is -0.478 e. The molecule has 0 unspecified atom stereocenters. The second-order valence-electron chi connectivity index (χ2n) is 5.32. The van der Waals surface area contributed by atoms with Crippen molar-refractivity contribution < 1.29 is 19.8 Å². The van der Waals surface area contributed by atoms with Crippen molar-refractivity contribution in [2.75, 3.05) is 0 Å². The number of aryl methyl sites for hydroxylation is 1. The molecule has 1 heterocycles. The summed E-state index contributed by atoms with van der Waals surface area (Å²) < 4.78 is 0. The third-order valence-corrected chi connectivity index (χ3v) is 4.69. The Hall–Kier alpha value is -2.92. The summed E-state index contributed by atoms with van der Waals surface area (Å²) in [6.07, 6.45) is 0. The second-order valence-corrected chi connectivity index (χ2v) is 6.27. The molecule has 0 saturated carbocycles. The monoisotopic (exact) mass is 338 g/mol. The average molecular weight is 338 g/mol. The lowest BCUT2D eigenvalue weighted by Gasteiger charge is -2.16. The molecule has 0 bridgehead atoms. The predicted molar refractivity (Wildman–Crippen MR) is 93.8 cm³/mol. The van der Waals surface area contributed by atoms with Crippen LogP contribution in [0.3, 0.4) is 0 Å². The van der Waals surface area contributed by atoms with Gasteiger partial charge in [-0.2, -0.15) is 0 Å². The Morgan fingerprint density at radius 3 is 2.12 bits per heavy atom. The molecule has 0 saturated heterocycles. The molecule has 5 heteroatoms. The van der Waals surface area contributed by atoms with Crippen LogP contribution in [0.1, 0.15) is 26.3 Å². The summed E-state index contributed by atoms with van der Waals surface area (Å²) in [5.41, 5.74) is 2.13. The van der Waals surface area contributed by atoms with Crippen molar-refractivity contribution >= 4 is 23.3 Å². The van der Waals surface area contributed by atoms with Gasteiger partial charge in [0.05, 0.1) is 11.1 Å². The maximum Gasteiger partial charge on any atom is 0.337 e. The van der Waals surface area contributed by atoms with Crippen molar-refractivity contribution in [3.63, 3.8) is 0 Å². The van der Waals surface area contributed by atoms with Crippen LogP contribution >= 0.6 is 11.3 Å². The van der Waals surface area contributed by atoms with Gasteiger partial charge in [-0.15, -0.1) is 11.3 Å². The van der Waals surface area contributed by atoms with E-state index in [1.807, 2.05) is 30.3 Å². The quantitative estimate of drug-likeness (QED) is 0.717. The van der Waals surface area contributed by atoms with Gasteiger partial charge in [-0.1, -0.05) is 36.4 Å². The van der Waals surface area contributed by atoms with E-state index < -0.39 is 11.9 Å². The van der Waals surface area contributed by atoms with Gasteiger partial charge >= 0.3 is 11.9 Å². The van der Waals surface area contributed by atoms with E-state index in [-0.39, 0.29) is 16.7 Å². The first-order valence-corrected chi connectivity index (χ1v) is 8.12. The number of carboxylic acid groups (broad SMARTS) is 2. The van der Waals surface area contributed by atoms with E-state index >= 15 is 0 Å². The van der Waals surface area contributed by atoms with Gasteiger partial charge in [-0.25, -0.2) is 9.59 Å². The molecule has 120 valence electrons. The normalized spacial score (nSPS) is 10.5. The molecule has 3 aromatic rings. The molecule has 0 spiro atoms. The molecule has 0 aliphatic heterocycles. The maximum atomic E-state index is 12.0. The fourth-order valence-electron chi connectivity index (χ4n) is 2.83. The molecular weight excluding hydrogens is 324 g/mol. The molecule has 2 aromatic carbocycles. The third-order valence-electron chi connectivity index (χ3n) is 3.80. The molecule has 0 aliphatic carbocycles. The molecule has 2 N–H and O–H groups in total. The Morgan fingerprint density at radius 2 is 1.58 bits per heavy atom. The number of aromatic carboxylic acids is 2. The SMILES string of the molecule is Cc1cc(-c2ccccc2)c(C(=O)O)c(-c2cccs2)c1C(=O)O. The summed E-state index contributed by atoms with van der Waals surface area (Å²) >= 11 is 1.33. The Bertz CT molecular complexity index is 912. The Kier molecular flexibility index (Phi) is 4.18. The predicted octanol–water partition coefficient (Wildman–Crippen LogP) is 4.79. The van der Waals surface area contributed by atoms with Crippen molar-refractivity contribution in [1.82, 2.24) is 0 Å². The van der Waals surface area contributed by atoms with E-state index in [2.05, 4.69) is 0 Å². The van der Waals surface area contributed by atoms with E-state index in [1.54, 1.807) is 30.5 Å². The van der Waals surface area contributed by atoms with Crippen LogP contribution in [-0.2, 0) is 0 Å². The summed E-state index contributed by atoms with van der Waals surface area (Å²) in [5, 5.41) is 21.2. The largest absolute Gasteiger partial charge is 0.478 e. The number of hydrogen-bond donors (Lipinski definition) is 2. The fourth-order valence-corrected chi connectivity index (χ4v) is 3.61. The first-order valence-electron chi connectivity index (χ1n) is 7.24. The zero-order valence-electron chi connectivity index (χ0n) is 12.8. The van der Waals surface area contributed by atoms with Gasteiger partial charge < -0.3 is 10.2 Å². The topological polar surface area (TPSA) is 74.6 Å². The number of rotatable bonds is 4. The van der Waals surface area contributed by atoms with Crippen LogP contribution in [0, 0.1) is 6.92 Å². The minimum atomic E-state index is -1.14. The van der Waals surface area contributed by atoms with Gasteiger partial charge in [0.15, 0.2) is 0 Å². The second kappa shape index (κ2) is 6.29. The summed E-state index contributed by atoms with van der Waals surface area (Å²) in [7, 11) is 0. The van der Waals surface area contributed by atoms with E-state index in [4.69, 9.17) is 0 Å². The molecule has 24 heavy (non-hydrogen) atoms. The van der Waals surface area contributed by atoms with Crippen LogP contribution in [0.25, 0.3) is 21.6 Å². The lowest BCUT2D eigenvalue weighted by Crippen LogP contribution is -2.11. The highest BCUT2D eigenvalue weighted by atomic mass is 32.1. The van der Waals surface area contributed by atoms with Crippen molar-refractivity contribution in [3.05, 3.63) is 70.6 Å². The van der Waals surface area contributed by atoms with E-state index in [9.17, 15) is 19.8 Å². The highest BCUT2D eigenvalue weighted by molar-refractivity contribution is 7.13. The zero-order valence-corrected chi connectivity index (χ0v) is 13.6. The molecule has 0 atom stereocenters. The van der Waals surface area contributed by atoms with Gasteiger partial charge in [0.2, 0.25) is 0 Å². The lowest BCUT2D eigenvalue weighted by molar-refractivity contribution is 0.0695. The molecule has 4 nitrogen and oxygen atoms in total. The highest BCUT2D eigenvalue weighted by Gasteiger charge is 2.26. The maximum absolute atomic E-state index is 12.0. The van der Waals surface area contributed by atoms with Crippen LogP contribution in [0.4, 0.5) is 0 Å². The van der Waals surface area contributed by atoms with Crippen LogP contribution in [-0.4, -0.2) is 22.2 Å². The van der Waals surface area contributed by atoms with Crippen LogP contribution < -0.4 is 0 Å². The molecule has 3 rings (SSSR count). The van der Waals surface area contributed by atoms with Gasteiger partial charge in [-0.05, 0) is 41.1 Å². The number of carboxylic acids is 2. The summed E-state index contributed by atoms with van der Waals surface area (Å²) in [5.74, 6) is -2.27. The molecular formula is C19H14O4S. The van der Waals surface area contributed by atoms with E-state index in [0.29, 0.717) is 16.0 Å². The Balaban J connectivity index is 2.46. The van der Waals surface area contributed by atoms with Gasteiger partial charge in [0.25, 0.3) is 0 Å². The first-order chi connectivity index (χ1) is 11.5. The standard InChI is InChI=1S/C19H14O4S/c1-11-10-13(12-6-3-2-4-7-12)16(19(22)23)17(15(11)18(20)21)14-8-5-9-24-14/h2-10H,1H3,(H,20,21)(H,22,23). The van der Waals surface area contributed by atoms with Crippen molar-refractivity contribution in [3.8, 4) is 21.6 Å². The summed E-state index contributed by atoms with van der Waals surface area (Å²) in [4.78, 5) is 24.4. The van der Waals surface area contributed by atoms with Gasteiger partial charge in [0, 0.05) is 10.4 Å². The lowest BCUT2D eigenvalue weighted by atomic mass is 9.88. The van der Waals surface area contributed by atoms with E-state index in [0.717, 1.165) is 5.56 Å². The van der Waals surface area contributed by atoms with Crippen molar-refractivity contribution in [2.24, 2.45) is 0 Å². The summed E-state index contributed by atoms with van der Waals surface area (Å²) in [6.45, 7) is 1.69. The van der Waals surface area contributed by atoms with Crippen LogP contribution in [0.5, 0.6) is 0 Å². The average Bonchev–Trinajstić information content (AvgIpc) is 3.08. The van der Waals surface area contributed by atoms with Crippen molar-refractivity contribution in [1.29, 1.82) is 0 Å². The first kappa shape index (κ1) is 16.0. The number of hydrogen-bond acceptors (Lipinski definition) is 3. The molecule has 0 fully saturated rings. The summed E-state index contributed by atoms with van der Waals surface area (Å²) in [6, 6.07) is 14.3. The molecule has 1 aromatic heterocycles. The fraction of sp³-hybridized carbons (Fsp3) is 0.0526. The Labute approximate surface area is 142 Å². The number of benzene rings is 2. The van der Waals surface area contributed by atoms with Crippen LogP contribution in [0.2, 0.25) is 0 Å². The van der Waals surface area contributed by atoms with Crippen molar-refractivity contribution in [2.45, 2.75) is 6.92 Å².